The average molecular weight is 892 g/mol. The first-order valence-electron chi connectivity index (χ1n) is 22.1. The molecule has 65 heavy (non-hydrogen) atoms. The zero-order valence-electron chi connectivity index (χ0n) is 36.7. The largest absolute Gasteiger partial charge is 0.457 e. The number of benzene rings is 5. The molecule has 5 unspecified atom stereocenters. The number of amides is 1. The van der Waals surface area contributed by atoms with Crippen LogP contribution in [-0.4, -0.2) is 87.0 Å². The number of esters is 1. The van der Waals surface area contributed by atoms with Gasteiger partial charge in [0.15, 0.2) is 12.4 Å². The summed E-state index contributed by atoms with van der Waals surface area (Å²) in [5, 5.41) is 2.53. The average Bonchev–Trinajstić information content (AvgIpc) is 3.34. The van der Waals surface area contributed by atoms with Gasteiger partial charge in [-0.3, -0.25) is 9.59 Å². The van der Waals surface area contributed by atoms with Crippen LogP contribution in [-0.2, 0) is 85.3 Å². The number of halogens is 1. The van der Waals surface area contributed by atoms with Crippen molar-refractivity contribution in [3.8, 4) is 0 Å². The van der Waals surface area contributed by atoms with Crippen molar-refractivity contribution in [3.63, 3.8) is 0 Å². The molecule has 0 aliphatic carbocycles. The Bertz CT molecular complexity index is 2140. The summed E-state index contributed by atoms with van der Waals surface area (Å²) >= 11 is 0. The number of carbonyl (C=O) groups excluding carboxylic acids is 2. The van der Waals surface area contributed by atoms with Gasteiger partial charge in [-0.2, -0.15) is 0 Å². The second kappa shape index (κ2) is 24.8. The van der Waals surface area contributed by atoms with E-state index in [1.165, 1.54) is 7.05 Å². The minimum absolute atomic E-state index is 0.00513. The molecule has 2 aliphatic heterocycles. The lowest BCUT2D eigenvalue weighted by molar-refractivity contribution is -0.365. The number of carbonyl (C=O) groups is 2. The van der Waals surface area contributed by atoms with Crippen LogP contribution in [0.1, 0.15) is 47.6 Å². The molecule has 1 N–H and O–H groups in total. The molecule has 7 rings (SSSR count). The van der Waals surface area contributed by atoms with Gasteiger partial charge < -0.3 is 47.9 Å². The fourth-order valence-corrected chi connectivity index (χ4v) is 7.79. The summed E-state index contributed by atoms with van der Waals surface area (Å²) in [5.74, 6) is -0.929. The van der Waals surface area contributed by atoms with Gasteiger partial charge in [0.25, 0.3) is 0 Å². The second-order valence-corrected chi connectivity index (χ2v) is 16.0. The molecule has 1 amide bonds. The Hall–Kier alpha value is -5.35. The molecule has 0 radical (unpaired) electrons. The molecular weight excluding hydrogens is 834 g/mol. The van der Waals surface area contributed by atoms with E-state index in [0.717, 1.165) is 27.8 Å². The Morgan fingerprint density at radius 1 is 0.523 bits per heavy atom. The van der Waals surface area contributed by atoms with Crippen molar-refractivity contribution in [1.82, 2.24) is 5.32 Å². The van der Waals surface area contributed by atoms with E-state index in [1.807, 2.05) is 152 Å². The zero-order chi connectivity index (χ0) is 45.2. The van der Waals surface area contributed by atoms with Crippen LogP contribution in [0.25, 0.3) is 0 Å². The molecule has 344 valence electrons. The Morgan fingerprint density at radius 2 is 0.938 bits per heavy atom. The summed E-state index contributed by atoms with van der Waals surface area (Å²) in [6.45, 7) is 2.46. The molecule has 2 fully saturated rings. The smallest absolute Gasteiger partial charge is 0.306 e. The van der Waals surface area contributed by atoms with E-state index >= 15 is 4.39 Å². The van der Waals surface area contributed by atoms with Crippen LogP contribution in [0, 0.1) is 0 Å². The molecule has 5 aromatic rings. The van der Waals surface area contributed by atoms with Crippen LogP contribution in [0.2, 0.25) is 0 Å². The van der Waals surface area contributed by atoms with Gasteiger partial charge in [0.05, 0.1) is 52.2 Å². The van der Waals surface area contributed by atoms with Crippen LogP contribution >= 0.6 is 0 Å². The van der Waals surface area contributed by atoms with Crippen molar-refractivity contribution in [2.45, 2.75) is 114 Å². The predicted octanol–water partition coefficient (Wildman–Crippen LogP) is 7.81. The molecule has 0 aromatic heterocycles. The maximum Gasteiger partial charge on any atom is 0.306 e. The molecule has 13 heteroatoms. The molecule has 5 aromatic carbocycles. The van der Waals surface area contributed by atoms with E-state index in [9.17, 15) is 9.59 Å². The Balaban J connectivity index is 1.21. The van der Waals surface area contributed by atoms with Crippen molar-refractivity contribution < 1.29 is 56.6 Å². The number of ether oxygens (including phenoxy) is 9. The summed E-state index contributed by atoms with van der Waals surface area (Å²) in [6, 6.07) is 47.9. The van der Waals surface area contributed by atoms with Gasteiger partial charge in [0.2, 0.25) is 12.3 Å². The van der Waals surface area contributed by atoms with E-state index in [4.69, 9.17) is 42.6 Å². The van der Waals surface area contributed by atoms with E-state index in [-0.39, 0.29) is 58.4 Å². The van der Waals surface area contributed by atoms with Gasteiger partial charge in [0.1, 0.15) is 36.6 Å². The van der Waals surface area contributed by atoms with Crippen molar-refractivity contribution >= 4 is 11.9 Å². The molecule has 0 bridgehead atoms. The SMILES string of the molecule is CNC(=O)CCC(=O)O[C@@H]1C(C)OC(OC2[C@@H](F)OC(COCc3ccccc3)[C@H](OCc3ccccc3)[C@H]2OCc2ccccc2)C(OCc2ccccc2)[C@H]1OCc1ccccc1. The second-order valence-electron chi connectivity index (χ2n) is 16.0. The van der Waals surface area contributed by atoms with E-state index in [2.05, 4.69) is 5.32 Å². The zero-order valence-corrected chi connectivity index (χ0v) is 36.7. The topological polar surface area (TPSA) is 129 Å². The highest BCUT2D eigenvalue weighted by molar-refractivity contribution is 5.81. The summed E-state index contributed by atoms with van der Waals surface area (Å²) in [4.78, 5) is 25.4. The molecule has 10 atom stereocenters. The minimum atomic E-state index is -2.05. The standard InChI is InChI=1S/C52H58FNO11/c1-36-45(64-44(56)29-28-43(55)54-2)47(59-32-39-22-12-5-13-23-39)50(61-34-41-26-16-7-17-27-41)52(62-36)65-49-48(60-33-40-24-14-6-15-25-40)46(58-31-38-20-10-4-11-21-38)42(63-51(49)53)35-57-30-37-18-8-3-9-19-37/h3-27,36,42,45-52H,28-35H2,1-2H3,(H,54,55)/t36?,42?,45-,46+,47+,48-,49?,50?,51+,52?/m1/s1. The van der Waals surface area contributed by atoms with Crippen LogP contribution in [0.15, 0.2) is 152 Å². The van der Waals surface area contributed by atoms with Crippen molar-refractivity contribution in [2.75, 3.05) is 13.7 Å². The van der Waals surface area contributed by atoms with E-state index in [1.54, 1.807) is 6.92 Å². The predicted molar refractivity (Wildman–Crippen MR) is 238 cm³/mol. The fraction of sp³-hybridized carbons (Fsp3) is 0.385. The third kappa shape index (κ3) is 14.1. The third-order valence-electron chi connectivity index (χ3n) is 11.2. The van der Waals surface area contributed by atoms with Gasteiger partial charge in [-0.05, 0) is 34.7 Å². The molecule has 2 heterocycles. The first-order valence-corrected chi connectivity index (χ1v) is 22.1. The summed E-state index contributed by atoms with van der Waals surface area (Å²) < 4.78 is 75.5. The van der Waals surface area contributed by atoms with Crippen LogP contribution in [0.4, 0.5) is 4.39 Å². The maximum absolute atomic E-state index is 17.1. The van der Waals surface area contributed by atoms with Gasteiger partial charge in [-0.25, -0.2) is 4.39 Å². The normalized spacial score (nSPS) is 25.4. The summed E-state index contributed by atoms with van der Waals surface area (Å²) in [7, 11) is 1.50. The van der Waals surface area contributed by atoms with Crippen LogP contribution in [0.3, 0.4) is 0 Å². The lowest BCUT2D eigenvalue weighted by Crippen LogP contribution is -2.65. The number of nitrogens with one attached hydrogen (secondary N) is 1. The molecule has 2 aliphatic rings. The van der Waals surface area contributed by atoms with Gasteiger partial charge in [-0.1, -0.05) is 152 Å². The third-order valence-corrected chi connectivity index (χ3v) is 11.2. The first kappa shape index (κ1) is 47.6. The van der Waals surface area contributed by atoms with Crippen molar-refractivity contribution in [3.05, 3.63) is 179 Å². The highest BCUT2D eigenvalue weighted by atomic mass is 19.1. The summed E-state index contributed by atoms with van der Waals surface area (Å²) in [5.41, 5.74) is 4.39. The van der Waals surface area contributed by atoms with Crippen molar-refractivity contribution in [2.24, 2.45) is 0 Å². The van der Waals surface area contributed by atoms with E-state index < -0.39 is 67.4 Å². The molecular formula is C52H58FNO11. The number of rotatable bonds is 22. The maximum atomic E-state index is 17.1. The Labute approximate surface area is 380 Å². The number of hydrogen-bond acceptors (Lipinski definition) is 11. The number of alkyl halides is 1. The number of hydrogen-bond donors (Lipinski definition) is 1. The quantitative estimate of drug-likeness (QED) is 0.0684. The molecule has 2 saturated heterocycles. The molecule has 0 saturated carbocycles. The van der Waals surface area contributed by atoms with Gasteiger partial charge in [-0.15, -0.1) is 0 Å². The lowest BCUT2D eigenvalue weighted by Gasteiger charge is -2.48. The van der Waals surface area contributed by atoms with Crippen LogP contribution in [0.5, 0.6) is 0 Å². The highest BCUT2D eigenvalue weighted by Crippen LogP contribution is 2.36. The molecule has 0 spiro atoms. The van der Waals surface area contributed by atoms with Gasteiger partial charge in [0, 0.05) is 13.5 Å². The van der Waals surface area contributed by atoms with E-state index in [0.29, 0.717) is 0 Å². The van der Waals surface area contributed by atoms with Crippen molar-refractivity contribution in [1.29, 1.82) is 0 Å². The first-order chi connectivity index (χ1) is 31.8. The fourth-order valence-electron chi connectivity index (χ4n) is 7.79. The minimum Gasteiger partial charge on any atom is -0.457 e. The lowest BCUT2D eigenvalue weighted by atomic mass is 9.96. The Kier molecular flexibility index (Phi) is 18.2. The van der Waals surface area contributed by atoms with Gasteiger partial charge >= 0.3 is 5.97 Å². The van der Waals surface area contributed by atoms with Crippen LogP contribution < -0.4 is 5.32 Å². The highest BCUT2D eigenvalue weighted by Gasteiger charge is 2.54. The monoisotopic (exact) mass is 891 g/mol. The Morgan fingerprint density at radius 3 is 1.40 bits per heavy atom. The summed E-state index contributed by atoms with van der Waals surface area (Å²) in [6.07, 6.45) is -11.8. The molecule has 12 nitrogen and oxygen atoms in total.